The van der Waals surface area contributed by atoms with Crippen LogP contribution in [0.3, 0.4) is 0 Å². The molecule has 2 aliphatic rings. The molecule has 7 nitrogen and oxygen atoms in total. The molecule has 0 aromatic carbocycles. The van der Waals surface area contributed by atoms with Crippen LogP contribution in [-0.4, -0.2) is 53.4 Å². The third-order valence-corrected chi connectivity index (χ3v) is 5.43. The van der Waals surface area contributed by atoms with Crippen LogP contribution in [0.2, 0.25) is 0 Å². The SMILES string of the molecule is Cc1cc(CN2C[C@H]3COC[C@@]3(CNC(=O)c3cccn3C)C2)no1. The normalized spacial score (nSPS) is 26.1. The lowest BCUT2D eigenvalue weighted by atomic mass is 9.81. The lowest BCUT2D eigenvalue weighted by Gasteiger charge is -2.27. The van der Waals surface area contributed by atoms with Crippen molar-refractivity contribution in [3.8, 4) is 0 Å². The number of carbonyl (C=O) groups excluding carboxylic acids is 1. The van der Waals surface area contributed by atoms with Gasteiger partial charge in [0.15, 0.2) is 0 Å². The summed E-state index contributed by atoms with van der Waals surface area (Å²) in [6, 6.07) is 5.70. The second-order valence-electron chi connectivity index (χ2n) is 7.36. The molecule has 2 aromatic rings. The maximum atomic E-state index is 12.4. The van der Waals surface area contributed by atoms with Crippen molar-refractivity contribution in [1.29, 1.82) is 0 Å². The van der Waals surface area contributed by atoms with Gasteiger partial charge in [0.25, 0.3) is 5.91 Å². The molecule has 0 bridgehead atoms. The van der Waals surface area contributed by atoms with Crippen molar-refractivity contribution < 1.29 is 14.1 Å². The molecular formula is C18H24N4O3. The lowest BCUT2D eigenvalue weighted by molar-refractivity contribution is 0.0896. The Morgan fingerprint density at radius 3 is 3.12 bits per heavy atom. The van der Waals surface area contributed by atoms with Gasteiger partial charge < -0.3 is 19.1 Å². The highest BCUT2D eigenvalue weighted by Crippen LogP contribution is 2.41. The first-order chi connectivity index (χ1) is 12.1. The number of aromatic nitrogens is 2. The number of likely N-dealkylation sites (tertiary alicyclic amines) is 1. The van der Waals surface area contributed by atoms with Crippen molar-refractivity contribution in [3.63, 3.8) is 0 Å². The maximum absolute atomic E-state index is 12.4. The van der Waals surface area contributed by atoms with Crippen LogP contribution in [-0.2, 0) is 18.3 Å². The molecule has 7 heteroatoms. The van der Waals surface area contributed by atoms with Gasteiger partial charge in [-0.2, -0.15) is 0 Å². The summed E-state index contributed by atoms with van der Waals surface area (Å²) >= 11 is 0. The molecule has 2 atom stereocenters. The first-order valence-electron chi connectivity index (χ1n) is 8.68. The van der Waals surface area contributed by atoms with E-state index < -0.39 is 0 Å². The minimum Gasteiger partial charge on any atom is -0.380 e. The standard InChI is InChI=1S/C18H24N4O3/c1-13-6-15(20-25-13)8-22-7-14-9-24-12-18(14,11-22)10-19-17(23)16-4-3-5-21(16)2/h3-6,14H,7-12H2,1-2H3,(H,19,23)/t14-,18+/m0/s1. The lowest BCUT2D eigenvalue weighted by Crippen LogP contribution is -2.43. The van der Waals surface area contributed by atoms with Crippen LogP contribution in [0.5, 0.6) is 0 Å². The Kier molecular flexibility index (Phi) is 4.13. The molecule has 0 saturated carbocycles. The zero-order chi connectivity index (χ0) is 17.4. The van der Waals surface area contributed by atoms with E-state index in [9.17, 15) is 4.79 Å². The van der Waals surface area contributed by atoms with Gasteiger partial charge in [-0.15, -0.1) is 0 Å². The highest BCUT2D eigenvalue weighted by molar-refractivity contribution is 5.92. The zero-order valence-corrected chi connectivity index (χ0v) is 14.7. The molecule has 4 heterocycles. The highest BCUT2D eigenvalue weighted by Gasteiger charge is 2.50. The molecule has 2 fully saturated rings. The fourth-order valence-corrected chi connectivity index (χ4v) is 4.08. The third kappa shape index (κ3) is 3.09. The average Bonchev–Trinajstić information content (AvgIpc) is 3.30. The van der Waals surface area contributed by atoms with Gasteiger partial charge in [-0.3, -0.25) is 9.69 Å². The maximum Gasteiger partial charge on any atom is 0.267 e. The van der Waals surface area contributed by atoms with E-state index in [2.05, 4.69) is 15.4 Å². The topological polar surface area (TPSA) is 72.5 Å². The number of hydrogen-bond donors (Lipinski definition) is 1. The Balaban J connectivity index is 1.41. The number of ether oxygens (including phenoxy) is 1. The number of amides is 1. The summed E-state index contributed by atoms with van der Waals surface area (Å²) < 4.78 is 12.7. The Bertz CT molecular complexity index is 768. The van der Waals surface area contributed by atoms with E-state index in [0.29, 0.717) is 24.8 Å². The van der Waals surface area contributed by atoms with Crippen molar-refractivity contribution in [2.45, 2.75) is 13.5 Å². The van der Waals surface area contributed by atoms with E-state index in [1.807, 2.05) is 42.9 Å². The van der Waals surface area contributed by atoms with Gasteiger partial charge in [-0.25, -0.2) is 0 Å². The van der Waals surface area contributed by atoms with Crippen LogP contribution < -0.4 is 5.32 Å². The number of rotatable bonds is 5. The van der Waals surface area contributed by atoms with Gasteiger partial charge in [0.2, 0.25) is 0 Å². The van der Waals surface area contributed by atoms with E-state index >= 15 is 0 Å². The number of aryl methyl sites for hydroxylation is 2. The van der Waals surface area contributed by atoms with Crippen molar-refractivity contribution in [2.75, 3.05) is 32.8 Å². The summed E-state index contributed by atoms with van der Waals surface area (Å²) in [5.41, 5.74) is 1.63. The quantitative estimate of drug-likeness (QED) is 0.882. The molecule has 0 unspecified atom stereocenters. The summed E-state index contributed by atoms with van der Waals surface area (Å²) in [5.74, 6) is 1.24. The first kappa shape index (κ1) is 16.4. The van der Waals surface area contributed by atoms with Crippen LogP contribution >= 0.6 is 0 Å². The van der Waals surface area contributed by atoms with Gasteiger partial charge >= 0.3 is 0 Å². The molecule has 0 radical (unpaired) electrons. The minimum absolute atomic E-state index is 0.0143. The summed E-state index contributed by atoms with van der Waals surface area (Å²) in [7, 11) is 1.88. The summed E-state index contributed by atoms with van der Waals surface area (Å²) in [4.78, 5) is 14.8. The molecule has 2 aliphatic heterocycles. The van der Waals surface area contributed by atoms with Gasteiger partial charge in [-0.05, 0) is 19.1 Å². The molecule has 2 saturated heterocycles. The van der Waals surface area contributed by atoms with E-state index in [-0.39, 0.29) is 11.3 Å². The largest absolute Gasteiger partial charge is 0.380 e. The molecule has 0 aliphatic carbocycles. The molecule has 134 valence electrons. The van der Waals surface area contributed by atoms with E-state index in [1.165, 1.54) is 0 Å². The van der Waals surface area contributed by atoms with Crippen molar-refractivity contribution in [1.82, 2.24) is 19.9 Å². The van der Waals surface area contributed by atoms with Crippen LogP contribution in [0.25, 0.3) is 0 Å². The summed E-state index contributed by atoms with van der Waals surface area (Å²) in [5, 5.41) is 7.21. The fraction of sp³-hybridized carbons (Fsp3) is 0.556. The second kappa shape index (κ2) is 6.31. The van der Waals surface area contributed by atoms with Gasteiger partial charge in [-0.1, -0.05) is 5.16 Å². The van der Waals surface area contributed by atoms with Crippen LogP contribution in [0.15, 0.2) is 28.9 Å². The molecule has 4 rings (SSSR count). The monoisotopic (exact) mass is 344 g/mol. The predicted molar refractivity (Wildman–Crippen MR) is 91.0 cm³/mol. The summed E-state index contributed by atoms with van der Waals surface area (Å²) in [6.45, 7) is 6.64. The fourth-order valence-electron chi connectivity index (χ4n) is 4.08. The van der Waals surface area contributed by atoms with Crippen LogP contribution in [0, 0.1) is 18.3 Å². The van der Waals surface area contributed by atoms with E-state index in [4.69, 9.17) is 9.26 Å². The number of carbonyl (C=O) groups is 1. The number of fused-ring (bicyclic) bond motifs is 1. The first-order valence-corrected chi connectivity index (χ1v) is 8.68. The highest BCUT2D eigenvalue weighted by atomic mass is 16.5. The average molecular weight is 344 g/mol. The molecule has 0 spiro atoms. The summed E-state index contributed by atoms with van der Waals surface area (Å²) in [6.07, 6.45) is 1.88. The smallest absolute Gasteiger partial charge is 0.267 e. The Labute approximate surface area is 146 Å². The van der Waals surface area contributed by atoms with Crippen molar-refractivity contribution >= 4 is 5.91 Å². The number of nitrogens with zero attached hydrogens (tertiary/aromatic N) is 3. The molecule has 1 amide bonds. The van der Waals surface area contributed by atoms with Crippen molar-refractivity contribution in [3.05, 3.63) is 41.5 Å². The molecular weight excluding hydrogens is 320 g/mol. The van der Waals surface area contributed by atoms with Gasteiger partial charge in [0, 0.05) is 56.8 Å². The molecule has 1 N–H and O–H groups in total. The van der Waals surface area contributed by atoms with E-state index in [0.717, 1.165) is 37.7 Å². The molecule has 25 heavy (non-hydrogen) atoms. The Morgan fingerprint density at radius 2 is 2.40 bits per heavy atom. The van der Waals surface area contributed by atoms with Crippen LogP contribution in [0.1, 0.15) is 21.9 Å². The van der Waals surface area contributed by atoms with Gasteiger partial charge in [0.05, 0.1) is 18.9 Å². The third-order valence-electron chi connectivity index (χ3n) is 5.43. The van der Waals surface area contributed by atoms with Crippen molar-refractivity contribution in [2.24, 2.45) is 18.4 Å². The Morgan fingerprint density at radius 1 is 1.52 bits per heavy atom. The predicted octanol–water partition coefficient (Wildman–Crippen LogP) is 1.20. The number of nitrogens with one attached hydrogen (secondary N) is 1. The van der Waals surface area contributed by atoms with Gasteiger partial charge in [0.1, 0.15) is 11.5 Å². The minimum atomic E-state index is -0.0295. The van der Waals surface area contributed by atoms with E-state index in [1.54, 1.807) is 0 Å². The van der Waals surface area contributed by atoms with Crippen LogP contribution in [0.4, 0.5) is 0 Å². The number of hydrogen-bond acceptors (Lipinski definition) is 5. The zero-order valence-electron chi connectivity index (χ0n) is 14.7. The Hall–Kier alpha value is -2.12. The molecule has 2 aromatic heterocycles. The second-order valence-corrected chi connectivity index (χ2v) is 7.36.